The molecule has 0 spiro atoms. The lowest BCUT2D eigenvalue weighted by molar-refractivity contribution is 0.683. The molecule has 0 fully saturated rings. The molecule has 0 aromatic heterocycles. The summed E-state index contributed by atoms with van der Waals surface area (Å²) >= 11 is 5.88. The molecule has 0 saturated heterocycles. The molecule has 3 nitrogen and oxygen atoms in total. The molecule has 2 aromatic rings. The van der Waals surface area contributed by atoms with Crippen LogP contribution in [-0.2, 0) is 16.6 Å². The zero-order valence-corrected chi connectivity index (χ0v) is 11.5. The molecule has 0 saturated carbocycles. The van der Waals surface area contributed by atoms with E-state index in [0.29, 0.717) is 26.9 Å². The molecule has 1 unspecified atom stereocenters. The number of hydrogen-bond acceptors (Lipinski definition) is 3. The Hall–Kier alpha value is -1.83. The van der Waals surface area contributed by atoms with Gasteiger partial charge in [0, 0.05) is 10.7 Å². The molecule has 0 amide bonds. The first-order valence-corrected chi connectivity index (χ1v) is 7.22. The lowest BCUT2D eigenvalue weighted by Crippen LogP contribution is -2.01. The quantitative estimate of drug-likeness (QED) is 0.883. The topological polar surface area (TPSA) is 66.9 Å². The predicted octanol–water partition coefficient (Wildman–Crippen LogP) is 3.10. The Morgan fingerprint density at radius 3 is 2.79 bits per heavy atom. The van der Waals surface area contributed by atoms with E-state index >= 15 is 0 Å². The molecule has 19 heavy (non-hydrogen) atoms. The van der Waals surface area contributed by atoms with Crippen LogP contribution in [0.3, 0.4) is 0 Å². The summed E-state index contributed by atoms with van der Waals surface area (Å²) in [5, 5.41) is 9.33. The fourth-order valence-electron chi connectivity index (χ4n) is 1.67. The van der Waals surface area contributed by atoms with Crippen molar-refractivity contribution in [3.63, 3.8) is 0 Å². The Bertz CT molecular complexity index is 679. The highest BCUT2D eigenvalue weighted by atomic mass is 35.5. The zero-order chi connectivity index (χ0) is 13.8. The average Bonchev–Trinajstić information content (AvgIpc) is 2.41. The van der Waals surface area contributed by atoms with E-state index < -0.39 is 10.8 Å². The Labute approximate surface area is 119 Å². The average molecular weight is 291 g/mol. The summed E-state index contributed by atoms with van der Waals surface area (Å²) in [5.41, 5.74) is 7.63. The van der Waals surface area contributed by atoms with Crippen molar-refractivity contribution in [1.82, 2.24) is 0 Å². The van der Waals surface area contributed by atoms with Crippen molar-refractivity contribution in [3.05, 3.63) is 58.6 Å². The van der Waals surface area contributed by atoms with Gasteiger partial charge in [-0.15, -0.1) is 0 Å². The SMILES string of the molecule is N#Cc1cccc(CS(=O)c2cc(Cl)ccc2N)c1. The maximum atomic E-state index is 12.3. The summed E-state index contributed by atoms with van der Waals surface area (Å²) in [7, 11) is -1.29. The van der Waals surface area contributed by atoms with Crippen molar-refractivity contribution >= 4 is 28.1 Å². The smallest absolute Gasteiger partial charge is 0.0991 e. The van der Waals surface area contributed by atoms with Gasteiger partial charge in [0.15, 0.2) is 0 Å². The van der Waals surface area contributed by atoms with Crippen LogP contribution < -0.4 is 5.73 Å². The van der Waals surface area contributed by atoms with Gasteiger partial charge in [0.2, 0.25) is 0 Å². The maximum absolute atomic E-state index is 12.3. The number of nitrogens with two attached hydrogens (primary N) is 1. The van der Waals surface area contributed by atoms with Crippen LogP contribution >= 0.6 is 11.6 Å². The van der Waals surface area contributed by atoms with Crippen molar-refractivity contribution < 1.29 is 4.21 Å². The highest BCUT2D eigenvalue weighted by molar-refractivity contribution is 7.84. The number of rotatable bonds is 3. The van der Waals surface area contributed by atoms with Gasteiger partial charge in [0.1, 0.15) is 0 Å². The molecular weight excluding hydrogens is 280 g/mol. The van der Waals surface area contributed by atoms with Crippen LogP contribution in [0.5, 0.6) is 0 Å². The van der Waals surface area contributed by atoms with Crippen LogP contribution in [-0.4, -0.2) is 4.21 Å². The summed E-state index contributed by atoms with van der Waals surface area (Å²) < 4.78 is 12.3. The minimum atomic E-state index is -1.29. The highest BCUT2D eigenvalue weighted by Crippen LogP contribution is 2.23. The third-order valence-corrected chi connectivity index (χ3v) is 4.25. The van der Waals surface area contributed by atoms with Crippen LogP contribution in [0.4, 0.5) is 5.69 Å². The summed E-state index contributed by atoms with van der Waals surface area (Å²) in [6.07, 6.45) is 0. The summed E-state index contributed by atoms with van der Waals surface area (Å²) in [6.45, 7) is 0. The first-order valence-electron chi connectivity index (χ1n) is 5.52. The first-order chi connectivity index (χ1) is 9.10. The molecular formula is C14H11ClN2OS. The van der Waals surface area contributed by atoms with Gasteiger partial charge in [-0.2, -0.15) is 5.26 Å². The van der Waals surface area contributed by atoms with Gasteiger partial charge in [-0.1, -0.05) is 23.7 Å². The Kier molecular flexibility index (Phi) is 4.20. The van der Waals surface area contributed by atoms with Gasteiger partial charge in [0.05, 0.1) is 33.1 Å². The van der Waals surface area contributed by atoms with Crippen molar-refractivity contribution in [3.8, 4) is 6.07 Å². The van der Waals surface area contributed by atoms with Gasteiger partial charge < -0.3 is 5.73 Å². The van der Waals surface area contributed by atoms with Crippen LogP contribution in [0.25, 0.3) is 0 Å². The van der Waals surface area contributed by atoms with Gasteiger partial charge in [0.25, 0.3) is 0 Å². The number of hydrogen-bond donors (Lipinski definition) is 1. The van der Waals surface area contributed by atoms with Gasteiger partial charge in [-0.3, -0.25) is 4.21 Å². The van der Waals surface area contributed by atoms with Crippen LogP contribution in [0, 0.1) is 11.3 Å². The predicted molar refractivity (Wildman–Crippen MR) is 77.1 cm³/mol. The van der Waals surface area contributed by atoms with E-state index in [2.05, 4.69) is 6.07 Å². The molecule has 2 aromatic carbocycles. The lowest BCUT2D eigenvalue weighted by Gasteiger charge is -2.06. The molecule has 0 radical (unpaired) electrons. The molecule has 0 aliphatic heterocycles. The monoisotopic (exact) mass is 290 g/mol. The van der Waals surface area contributed by atoms with Crippen LogP contribution in [0.15, 0.2) is 47.4 Å². The molecule has 0 aliphatic carbocycles. The number of nitriles is 1. The summed E-state index contributed by atoms with van der Waals surface area (Å²) in [6, 6.07) is 14.0. The second-order valence-electron chi connectivity index (χ2n) is 3.98. The molecule has 0 aliphatic rings. The zero-order valence-electron chi connectivity index (χ0n) is 9.97. The van der Waals surface area contributed by atoms with Gasteiger partial charge >= 0.3 is 0 Å². The second-order valence-corrected chi connectivity index (χ2v) is 5.84. The largest absolute Gasteiger partial charge is 0.398 e. The van der Waals surface area contributed by atoms with Crippen LogP contribution in [0.2, 0.25) is 5.02 Å². The van der Waals surface area contributed by atoms with Crippen molar-refractivity contribution in [2.75, 3.05) is 5.73 Å². The van der Waals surface area contributed by atoms with Crippen molar-refractivity contribution in [1.29, 1.82) is 5.26 Å². The van der Waals surface area contributed by atoms with E-state index in [1.807, 2.05) is 6.07 Å². The number of nitrogens with zero attached hydrogens (tertiary/aromatic N) is 1. The minimum absolute atomic E-state index is 0.306. The normalized spacial score (nSPS) is 11.8. The molecule has 0 bridgehead atoms. The van der Waals surface area contributed by atoms with Crippen molar-refractivity contribution in [2.45, 2.75) is 10.6 Å². The van der Waals surface area contributed by atoms with E-state index in [4.69, 9.17) is 22.6 Å². The molecule has 1 atom stereocenters. The molecule has 2 rings (SSSR count). The molecule has 96 valence electrons. The van der Waals surface area contributed by atoms with Crippen molar-refractivity contribution in [2.24, 2.45) is 0 Å². The maximum Gasteiger partial charge on any atom is 0.0991 e. The Morgan fingerprint density at radius 2 is 2.05 bits per heavy atom. The van der Waals surface area contributed by atoms with Crippen LogP contribution in [0.1, 0.15) is 11.1 Å². The van der Waals surface area contributed by atoms with Gasteiger partial charge in [-0.25, -0.2) is 0 Å². The minimum Gasteiger partial charge on any atom is -0.398 e. The molecule has 5 heteroatoms. The van der Waals surface area contributed by atoms with Gasteiger partial charge in [-0.05, 0) is 35.9 Å². The van der Waals surface area contributed by atoms with E-state index in [-0.39, 0.29) is 0 Å². The Balaban J connectivity index is 2.26. The second kappa shape index (κ2) is 5.87. The number of nitrogen functional groups attached to an aromatic ring is 1. The first kappa shape index (κ1) is 13.6. The fourth-order valence-corrected chi connectivity index (χ4v) is 3.13. The highest BCUT2D eigenvalue weighted by Gasteiger charge is 2.10. The Morgan fingerprint density at radius 1 is 1.26 bits per heavy atom. The number of halogens is 1. The molecule has 0 heterocycles. The van der Waals surface area contributed by atoms with E-state index in [0.717, 1.165) is 5.56 Å². The third-order valence-electron chi connectivity index (χ3n) is 2.57. The van der Waals surface area contributed by atoms with E-state index in [9.17, 15) is 4.21 Å². The lowest BCUT2D eigenvalue weighted by atomic mass is 10.2. The van der Waals surface area contributed by atoms with E-state index in [1.54, 1.807) is 36.4 Å². The number of benzene rings is 2. The molecule has 2 N–H and O–H groups in total. The third kappa shape index (κ3) is 3.34. The standard InChI is InChI=1S/C14H11ClN2OS/c15-12-4-5-13(17)14(7-12)19(18)9-11-3-1-2-10(6-11)8-16/h1-7H,9,17H2. The summed E-state index contributed by atoms with van der Waals surface area (Å²) in [4.78, 5) is 0.523. The summed E-state index contributed by atoms with van der Waals surface area (Å²) in [5.74, 6) is 0.306. The number of anilines is 1. The van der Waals surface area contributed by atoms with E-state index in [1.165, 1.54) is 0 Å². The fraction of sp³-hybridized carbons (Fsp3) is 0.0714.